The van der Waals surface area contributed by atoms with Gasteiger partial charge in [-0.3, -0.25) is 0 Å². The van der Waals surface area contributed by atoms with Gasteiger partial charge in [-0.15, -0.1) is 0 Å². The average molecular weight is 719 g/mol. The van der Waals surface area contributed by atoms with E-state index in [0.717, 1.165) is 95.7 Å². The van der Waals surface area contributed by atoms with E-state index in [4.69, 9.17) is 8.83 Å². The summed E-state index contributed by atoms with van der Waals surface area (Å²) in [7, 11) is 0. The van der Waals surface area contributed by atoms with Crippen molar-refractivity contribution in [3.05, 3.63) is 104 Å². The highest BCUT2D eigenvalue weighted by Crippen LogP contribution is 2.53. The summed E-state index contributed by atoms with van der Waals surface area (Å²) >= 11 is 0. The van der Waals surface area contributed by atoms with Gasteiger partial charge in [0.2, 0.25) is 0 Å². The predicted molar refractivity (Wildman–Crippen MR) is 222 cm³/mol. The second-order valence-corrected chi connectivity index (χ2v) is 19.3. The average Bonchev–Trinajstić information content (AvgIpc) is 3.11. The number of hydrogen-bond donors (Lipinski definition) is 0. The minimum absolute atomic E-state index is 0.0334. The van der Waals surface area contributed by atoms with Crippen molar-refractivity contribution in [1.29, 1.82) is 0 Å². The molecule has 0 saturated heterocycles. The molecule has 0 spiro atoms. The van der Waals surface area contributed by atoms with Crippen LogP contribution < -0.4 is 21.1 Å². The van der Waals surface area contributed by atoms with Gasteiger partial charge in [0.05, 0.1) is 11.1 Å². The lowest BCUT2D eigenvalue weighted by Crippen LogP contribution is -2.44. The molecule has 0 saturated carbocycles. The molecule has 0 bridgehead atoms. The standard InChI is InChI=1S/C48H50N2O4/c1-45(2)13-17-49-19-15-47(5,6)37-39(49)35(45)25-31-23-33(43(51)53-41(31)37)29-11-9-28-22-30(12-10-27(28)21-29)34-24-32-26-36-40-38(42(32)54-44(34)52)48(7,8)16-20-50(40)18-14-46(36,3)4/h9-12,21-26H,13-20H2,1-8H3. The molecule has 6 nitrogen and oxygen atoms in total. The molecule has 4 aliphatic rings. The van der Waals surface area contributed by atoms with Gasteiger partial charge < -0.3 is 18.6 Å². The van der Waals surface area contributed by atoms with Gasteiger partial charge in [-0.2, -0.15) is 0 Å². The van der Waals surface area contributed by atoms with Crippen LogP contribution in [0.3, 0.4) is 0 Å². The van der Waals surface area contributed by atoms with Gasteiger partial charge >= 0.3 is 11.3 Å². The molecule has 4 aromatic carbocycles. The second-order valence-electron chi connectivity index (χ2n) is 19.3. The molecule has 6 aromatic rings. The Labute approximate surface area is 316 Å². The van der Waals surface area contributed by atoms with Crippen molar-refractivity contribution < 1.29 is 8.83 Å². The fourth-order valence-corrected chi connectivity index (χ4v) is 10.3. The van der Waals surface area contributed by atoms with E-state index in [2.05, 4.69) is 89.5 Å². The minimum Gasteiger partial charge on any atom is -0.422 e. The fourth-order valence-electron chi connectivity index (χ4n) is 10.3. The third-order valence-corrected chi connectivity index (χ3v) is 13.9. The summed E-state index contributed by atoms with van der Waals surface area (Å²) in [5, 5.41) is 3.94. The lowest BCUT2D eigenvalue weighted by molar-refractivity contribution is 0.398. The van der Waals surface area contributed by atoms with Crippen molar-refractivity contribution in [3.8, 4) is 22.3 Å². The van der Waals surface area contributed by atoms with E-state index in [1.165, 1.54) is 33.6 Å². The predicted octanol–water partition coefficient (Wildman–Crippen LogP) is 10.7. The Hall–Kier alpha value is -4.84. The van der Waals surface area contributed by atoms with Gasteiger partial charge in [0.15, 0.2) is 0 Å². The van der Waals surface area contributed by atoms with Crippen LogP contribution in [0.2, 0.25) is 0 Å². The molecule has 0 fully saturated rings. The number of anilines is 2. The number of nitrogens with zero attached hydrogens (tertiary/aromatic N) is 2. The van der Waals surface area contributed by atoms with E-state index in [9.17, 15) is 9.59 Å². The first-order valence-electron chi connectivity index (χ1n) is 19.9. The number of fused-ring (bicyclic) bond motifs is 5. The minimum atomic E-state index is -0.317. The molecule has 0 radical (unpaired) electrons. The highest BCUT2D eigenvalue weighted by atomic mass is 16.4. The first-order chi connectivity index (χ1) is 25.5. The van der Waals surface area contributed by atoms with E-state index >= 15 is 0 Å². The highest BCUT2D eigenvalue weighted by molar-refractivity contribution is 5.96. The molecule has 4 aliphatic heterocycles. The van der Waals surface area contributed by atoms with Gasteiger partial charge in [-0.1, -0.05) is 79.7 Å². The zero-order chi connectivity index (χ0) is 37.7. The van der Waals surface area contributed by atoms with Crippen LogP contribution in [0, 0.1) is 0 Å². The molecule has 0 N–H and O–H groups in total. The van der Waals surface area contributed by atoms with Gasteiger partial charge in [-0.25, -0.2) is 9.59 Å². The van der Waals surface area contributed by atoms with Crippen molar-refractivity contribution in [2.45, 2.75) is 103 Å². The van der Waals surface area contributed by atoms with Crippen LogP contribution in [0.25, 0.3) is 55.0 Å². The Morgan fingerprint density at radius 3 is 1.22 bits per heavy atom. The van der Waals surface area contributed by atoms with Crippen LogP contribution in [0.5, 0.6) is 0 Å². The summed E-state index contributed by atoms with van der Waals surface area (Å²) < 4.78 is 12.6. The SMILES string of the molecule is CC1(C)CCN2CCC(C)(C)c3c2c1cc1cc(-c2ccc4cc(-c5cc6cc7c8c(c6oc5=O)C(C)(C)CCN8CCC7(C)C)ccc4c2)c(=O)oc31. The Kier molecular flexibility index (Phi) is 6.80. The van der Waals surface area contributed by atoms with E-state index < -0.39 is 0 Å². The lowest BCUT2D eigenvalue weighted by Gasteiger charge is -2.48. The third kappa shape index (κ3) is 4.77. The smallest absolute Gasteiger partial charge is 0.344 e. The van der Waals surface area contributed by atoms with E-state index in [1.54, 1.807) is 0 Å². The maximum atomic E-state index is 13.8. The maximum Gasteiger partial charge on any atom is 0.344 e. The largest absolute Gasteiger partial charge is 0.422 e. The molecule has 0 atom stereocenters. The summed E-state index contributed by atoms with van der Waals surface area (Å²) in [5.41, 5.74) is 11.1. The first kappa shape index (κ1) is 33.7. The monoisotopic (exact) mass is 718 g/mol. The number of rotatable bonds is 2. The fraction of sp³-hybridized carbons (Fsp3) is 0.417. The summed E-state index contributed by atoms with van der Waals surface area (Å²) in [4.78, 5) is 32.7. The zero-order valence-corrected chi connectivity index (χ0v) is 33.0. The Morgan fingerprint density at radius 1 is 0.463 bits per heavy atom. The van der Waals surface area contributed by atoms with Crippen LogP contribution in [0.15, 0.2) is 79.1 Å². The molecule has 2 aromatic heterocycles. The van der Waals surface area contributed by atoms with E-state index in [1.807, 2.05) is 36.4 Å². The lowest BCUT2D eigenvalue weighted by atomic mass is 9.69. The van der Waals surface area contributed by atoms with Crippen molar-refractivity contribution in [2.24, 2.45) is 0 Å². The zero-order valence-electron chi connectivity index (χ0n) is 33.0. The topological polar surface area (TPSA) is 66.9 Å². The quantitative estimate of drug-likeness (QED) is 0.166. The molecular weight excluding hydrogens is 669 g/mol. The molecular formula is C48H50N2O4. The van der Waals surface area contributed by atoms with Crippen LogP contribution in [0.4, 0.5) is 11.4 Å². The Morgan fingerprint density at radius 2 is 0.833 bits per heavy atom. The summed E-state index contributed by atoms with van der Waals surface area (Å²) in [5.74, 6) is 0. The molecule has 10 rings (SSSR count). The Bertz CT molecular complexity index is 2550. The van der Waals surface area contributed by atoms with Gasteiger partial charge in [-0.05, 0) is 117 Å². The molecule has 276 valence electrons. The van der Waals surface area contributed by atoms with Crippen molar-refractivity contribution in [3.63, 3.8) is 0 Å². The summed E-state index contributed by atoms with van der Waals surface area (Å²) in [6.07, 6.45) is 4.24. The van der Waals surface area contributed by atoms with E-state index in [0.29, 0.717) is 11.1 Å². The van der Waals surface area contributed by atoms with Crippen LogP contribution in [-0.4, -0.2) is 26.2 Å². The van der Waals surface area contributed by atoms with Crippen molar-refractivity contribution in [1.82, 2.24) is 0 Å². The van der Waals surface area contributed by atoms with Crippen molar-refractivity contribution >= 4 is 44.1 Å². The van der Waals surface area contributed by atoms with E-state index in [-0.39, 0.29) is 32.9 Å². The van der Waals surface area contributed by atoms with Crippen LogP contribution >= 0.6 is 0 Å². The van der Waals surface area contributed by atoms with Crippen molar-refractivity contribution in [2.75, 3.05) is 36.0 Å². The molecule has 0 amide bonds. The number of benzene rings is 4. The van der Waals surface area contributed by atoms with Crippen LogP contribution in [0.1, 0.15) is 103 Å². The highest BCUT2D eigenvalue weighted by Gasteiger charge is 2.43. The summed E-state index contributed by atoms with van der Waals surface area (Å²) in [6.45, 7) is 22.6. The molecule has 6 heteroatoms. The number of hydrogen-bond acceptors (Lipinski definition) is 6. The van der Waals surface area contributed by atoms with Gasteiger partial charge in [0.25, 0.3) is 0 Å². The Balaban J connectivity index is 1.08. The van der Waals surface area contributed by atoms with Gasteiger partial charge in [0, 0.05) is 59.5 Å². The third-order valence-electron chi connectivity index (χ3n) is 13.9. The first-order valence-corrected chi connectivity index (χ1v) is 19.9. The molecule has 0 unspecified atom stereocenters. The van der Waals surface area contributed by atoms with Crippen LogP contribution in [-0.2, 0) is 21.7 Å². The maximum absolute atomic E-state index is 13.8. The second kappa shape index (κ2) is 10.9. The normalized spacial score (nSPS) is 20.3. The molecule has 54 heavy (non-hydrogen) atoms. The molecule has 6 heterocycles. The molecule has 0 aliphatic carbocycles. The summed E-state index contributed by atoms with van der Waals surface area (Å²) in [6, 6.07) is 20.8. The van der Waals surface area contributed by atoms with Gasteiger partial charge in [0.1, 0.15) is 11.2 Å².